The monoisotopic (exact) mass is 387 g/mol. The molecule has 2 heterocycles. The summed E-state index contributed by atoms with van der Waals surface area (Å²) in [5.41, 5.74) is 0.635. The molecule has 1 saturated heterocycles. The molecule has 1 N–H and O–H groups in total. The minimum Gasteiger partial charge on any atom is -0.353 e. The van der Waals surface area contributed by atoms with E-state index in [1.807, 2.05) is 17.0 Å². The Bertz CT molecular complexity index is 687. The van der Waals surface area contributed by atoms with Gasteiger partial charge in [-0.15, -0.1) is 0 Å². The van der Waals surface area contributed by atoms with Crippen LogP contribution >= 0.6 is 11.8 Å². The van der Waals surface area contributed by atoms with Crippen molar-refractivity contribution in [2.45, 2.75) is 56.5 Å². The minimum absolute atomic E-state index is 0.0639. The highest BCUT2D eigenvalue weighted by atomic mass is 32.2. The first-order valence-electron chi connectivity index (χ1n) is 10.3. The number of hydrogen-bond donors (Lipinski definition) is 1. The molecule has 5 nitrogen and oxygen atoms in total. The van der Waals surface area contributed by atoms with Gasteiger partial charge in [-0.2, -0.15) is 0 Å². The van der Waals surface area contributed by atoms with Crippen LogP contribution in [-0.4, -0.2) is 46.6 Å². The fraction of sp³-hybridized carbons (Fsp3) is 0.667. The normalized spacial score (nSPS) is 27.7. The first kappa shape index (κ1) is 18.8. The highest BCUT2D eigenvalue weighted by Crippen LogP contribution is 2.49. The number of nitrogens with one attached hydrogen (secondary N) is 1. The van der Waals surface area contributed by atoms with E-state index < -0.39 is 0 Å². The number of pyridine rings is 1. The summed E-state index contributed by atoms with van der Waals surface area (Å²) >= 11 is 1.43. The van der Waals surface area contributed by atoms with Crippen molar-refractivity contribution in [2.24, 2.45) is 17.8 Å². The molecule has 1 aromatic heterocycles. The van der Waals surface area contributed by atoms with Crippen LogP contribution in [0.1, 0.15) is 55.8 Å². The summed E-state index contributed by atoms with van der Waals surface area (Å²) in [6.45, 7) is 3.84. The third-order valence-corrected chi connectivity index (χ3v) is 7.50. The Kier molecular flexibility index (Phi) is 5.71. The first-order chi connectivity index (χ1) is 13.1. The van der Waals surface area contributed by atoms with Gasteiger partial charge in [0.2, 0.25) is 5.91 Å². The van der Waals surface area contributed by atoms with Gasteiger partial charge in [-0.25, -0.2) is 4.98 Å². The maximum absolute atomic E-state index is 12.3. The lowest BCUT2D eigenvalue weighted by atomic mass is 9.84. The number of fused-ring (bicyclic) bond motifs is 2. The first-order valence-corrected chi connectivity index (χ1v) is 11.3. The number of carbonyl (C=O) groups is 2. The zero-order valence-corrected chi connectivity index (χ0v) is 16.8. The second-order valence-corrected chi connectivity index (χ2v) is 9.36. The van der Waals surface area contributed by atoms with Crippen LogP contribution in [0.4, 0.5) is 0 Å². The summed E-state index contributed by atoms with van der Waals surface area (Å²) in [7, 11) is 0. The topological polar surface area (TPSA) is 62.3 Å². The molecule has 146 valence electrons. The lowest BCUT2D eigenvalue weighted by molar-refractivity contribution is -0.119. The van der Waals surface area contributed by atoms with Gasteiger partial charge in [-0.3, -0.25) is 9.59 Å². The standard InChI is InChI=1S/C21H29N3O2S/c1-14(18-11-15-4-5-16(18)10-15)23-19(25)13-27-20-7-6-17(12-22-20)21(26)24-8-2-3-9-24/h6-7,12,14-16,18H,2-5,8-11,13H2,1H3,(H,23,25)/t14-,15-,16-,18+/m0/s1. The van der Waals surface area contributed by atoms with Gasteiger partial charge in [-0.05, 0) is 68.9 Å². The Hall–Kier alpha value is -1.56. The lowest BCUT2D eigenvalue weighted by Gasteiger charge is -2.28. The lowest BCUT2D eigenvalue weighted by Crippen LogP contribution is -2.40. The third-order valence-electron chi connectivity index (χ3n) is 6.55. The highest BCUT2D eigenvalue weighted by molar-refractivity contribution is 7.99. The number of carbonyl (C=O) groups excluding carboxylic acids is 2. The molecular weight excluding hydrogens is 358 g/mol. The fourth-order valence-electron chi connectivity index (χ4n) is 5.14. The molecule has 2 amide bonds. The van der Waals surface area contributed by atoms with Crippen molar-refractivity contribution in [3.8, 4) is 0 Å². The van der Waals surface area contributed by atoms with Crippen LogP contribution in [0.2, 0.25) is 0 Å². The number of rotatable bonds is 6. The van der Waals surface area contributed by atoms with Crippen LogP contribution < -0.4 is 5.32 Å². The van der Waals surface area contributed by atoms with Crippen LogP contribution in [0.3, 0.4) is 0 Å². The van der Waals surface area contributed by atoms with Crippen LogP contribution in [0.25, 0.3) is 0 Å². The molecule has 4 atom stereocenters. The molecule has 2 aliphatic carbocycles. The molecule has 0 aromatic carbocycles. The predicted molar refractivity (Wildman–Crippen MR) is 107 cm³/mol. The molecule has 1 aliphatic heterocycles. The number of aromatic nitrogens is 1. The smallest absolute Gasteiger partial charge is 0.255 e. The summed E-state index contributed by atoms with van der Waals surface area (Å²) in [6.07, 6.45) is 9.19. The summed E-state index contributed by atoms with van der Waals surface area (Å²) in [5.74, 6) is 2.90. The van der Waals surface area contributed by atoms with E-state index in [0.717, 1.165) is 42.8 Å². The van der Waals surface area contributed by atoms with Crippen LogP contribution in [0.15, 0.2) is 23.4 Å². The van der Waals surface area contributed by atoms with Gasteiger partial charge in [0.25, 0.3) is 5.91 Å². The average molecular weight is 388 g/mol. The summed E-state index contributed by atoms with van der Waals surface area (Å²) in [6, 6.07) is 3.94. The molecule has 2 saturated carbocycles. The van der Waals surface area contributed by atoms with Crippen molar-refractivity contribution in [3.63, 3.8) is 0 Å². The SMILES string of the molecule is C[C@H](NC(=O)CSc1ccc(C(=O)N2CCCC2)cn1)[C@H]1C[C@H]2CC[C@H]1C2. The fourth-order valence-corrected chi connectivity index (χ4v) is 5.80. The van der Waals surface area contributed by atoms with Gasteiger partial charge in [0.05, 0.1) is 16.3 Å². The second kappa shape index (κ2) is 8.21. The quantitative estimate of drug-likeness (QED) is 0.761. The van der Waals surface area contributed by atoms with Crippen molar-refractivity contribution < 1.29 is 9.59 Å². The van der Waals surface area contributed by atoms with Crippen molar-refractivity contribution in [1.29, 1.82) is 0 Å². The molecule has 0 radical (unpaired) electrons. The van der Waals surface area contributed by atoms with E-state index in [9.17, 15) is 9.59 Å². The largest absolute Gasteiger partial charge is 0.353 e. The van der Waals surface area contributed by atoms with E-state index in [1.54, 1.807) is 6.20 Å². The Morgan fingerprint density at radius 2 is 2.07 bits per heavy atom. The Labute approximate surface area is 165 Å². The molecule has 1 aromatic rings. The van der Waals surface area contributed by atoms with E-state index in [4.69, 9.17) is 0 Å². The molecule has 3 fully saturated rings. The summed E-state index contributed by atoms with van der Waals surface area (Å²) in [4.78, 5) is 30.9. The number of likely N-dealkylation sites (tertiary alicyclic amines) is 1. The summed E-state index contributed by atoms with van der Waals surface area (Å²) < 4.78 is 0. The Morgan fingerprint density at radius 1 is 1.26 bits per heavy atom. The average Bonchev–Trinajstić information content (AvgIpc) is 3.44. The highest BCUT2D eigenvalue weighted by Gasteiger charge is 2.42. The van der Waals surface area contributed by atoms with Gasteiger partial charge in [0, 0.05) is 25.3 Å². The van der Waals surface area contributed by atoms with Gasteiger partial charge in [0.1, 0.15) is 0 Å². The number of nitrogens with zero attached hydrogens (tertiary/aromatic N) is 2. The van der Waals surface area contributed by atoms with Crippen LogP contribution in [0, 0.1) is 17.8 Å². The zero-order valence-electron chi connectivity index (χ0n) is 16.0. The molecule has 6 heteroatoms. The summed E-state index contributed by atoms with van der Waals surface area (Å²) in [5, 5.41) is 3.98. The molecule has 0 spiro atoms. The van der Waals surface area contributed by atoms with Gasteiger partial charge in [-0.1, -0.05) is 18.2 Å². The molecule has 0 unspecified atom stereocenters. The number of amides is 2. The van der Waals surface area contributed by atoms with E-state index in [2.05, 4.69) is 17.2 Å². The predicted octanol–water partition coefficient (Wildman–Crippen LogP) is 3.35. The van der Waals surface area contributed by atoms with Gasteiger partial charge < -0.3 is 10.2 Å². The van der Waals surface area contributed by atoms with Gasteiger partial charge >= 0.3 is 0 Å². The van der Waals surface area contributed by atoms with E-state index in [-0.39, 0.29) is 17.9 Å². The molecule has 2 bridgehead atoms. The molecule has 4 rings (SSSR count). The molecule has 27 heavy (non-hydrogen) atoms. The number of hydrogen-bond acceptors (Lipinski definition) is 4. The van der Waals surface area contributed by atoms with E-state index in [1.165, 1.54) is 37.4 Å². The maximum atomic E-state index is 12.3. The van der Waals surface area contributed by atoms with Crippen molar-refractivity contribution in [1.82, 2.24) is 15.2 Å². The van der Waals surface area contributed by atoms with Crippen molar-refractivity contribution in [3.05, 3.63) is 23.9 Å². The Morgan fingerprint density at radius 3 is 2.70 bits per heavy atom. The second-order valence-electron chi connectivity index (χ2n) is 8.37. The molecule has 3 aliphatic rings. The van der Waals surface area contributed by atoms with Crippen molar-refractivity contribution in [2.75, 3.05) is 18.8 Å². The van der Waals surface area contributed by atoms with Crippen molar-refractivity contribution >= 4 is 23.6 Å². The zero-order chi connectivity index (χ0) is 18.8. The van der Waals surface area contributed by atoms with Gasteiger partial charge in [0.15, 0.2) is 0 Å². The van der Waals surface area contributed by atoms with Crippen LogP contribution in [0.5, 0.6) is 0 Å². The minimum atomic E-state index is 0.0639. The third kappa shape index (κ3) is 4.31. The van der Waals surface area contributed by atoms with E-state index in [0.29, 0.717) is 17.2 Å². The maximum Gasteiger partial charge on any atom is 0.255 e. The van der Waals surface area contributed by atoms with E-state index >= 15 is 0 Å². The molecular formula is C21H29N3O2S. The van der Waals surface area contributed by atoms with Crippen LogP contribution in [-0.2, 0) is 4.79 Å². The number of thioether (sulfide) groups is 1. The Balaban J connectivity index is 1.23.